The molecule has 2 aliphatic rings. The Morgan fingerprint density at radius 3 is 2.73 bits per heavy atom. The summed E-state index contributed by atoms with van der Waals surface area (Å²) < 4.78 is 5.22. The minimum absolute atomic E-state index is 0.168. The van der Waals surface area contributed by atoms with Crippen molar-refractivity contribution in [1.29, 1.82) is 0 Å². The lowest BCUT2D eigenvalue weighted by Gasteiger charge is -2.40. The molecular weight excluding hydrogens is 324 g/mol. The number of piperidine rings is 1. The van der Waals surface area contributed by atoms with Crippen LogP contribution in [0.3, 0.4) is 0 Å². The fourth-order valence-electron chi connectivity index (χ4n) is 4.62. The zero-order valence-electron chi connectivity index (χ0n) is 16.0. The third kappa shape index (κ3) is 3.07. The summed E-state index contributed by atoms with van der Waals surface area (Å²) in [7, 11) is 1.69. The molecule has 4 heteroatoms. The van der Waals surface area contributed by atoms with Gasteiger partial charge in [0.1, 0.15) is 5.75 Å². The fraction of sp³-hybridized carbons (Fsp3) is 0.500. The lowest BCUT2D eigenvalue weighted by Crippen LogP contribution is -2.47. The normalized spacial score (nSPS) is 22.8. The van der Waals surface area contributed by atoms with E-state index in [4.69, 9.17) is 4.74 Å². The van der Waals surface area contributed by atoms with Crippen molar-refractivity contribution in [3.8, 4) is 5.75 Å². The highest BCUT2D eigenvalue weighted by Gasteiger charge is 2.40. The Hall–Kier alpha value is -2.07. The first kappa shape index (κ1) is 17.3. The Kier molecular flexibility index (Phi) is 4.62. The van der Waals surface area contributed by atoms with Crippen LogP contribution in [0.25, 0.3) is 0 Å². The quantitative estimate of drug-likeness (QED) is 0.915. The van der Waals surface area contributed by atoms with Crippen LogP contribution < -0.4 is 4.74 Å². The van der Waals surface area contributed by atoms with Crippen molar-refractivity contribution in [1.82, 2.24) is 9.88 Å². The van der Waals surface area contributed by atoms with E-state index in [1.165, 1.54) is 11.3 Å². The third-order valence-corrected chi connectivity index (χ3v) is 6.34. The number of carbonyl (C=O) groups is 1. The number of Topliss-reactive ketones (excluding diaryl/α,β-unsaturated/α-hetero) is 1. The second-order valence-electron chi connectivity index (χ2n) is 7.85. The van der Waals surface area contributed by atoms with Crippen LogP contribution in [0.2, 0.25) is 0 Å². The van der Waals surface area contributed by atoms with Crippen molar-refractivity contribution in [2.45, 2.75) is 33.1 Å². The van der Waals surface area contributed by atoms with Crippen LogP contribution in [0, 0.1) is 25.7 Å². The highest BCUT2D eigenvalue weighted by molar-refractivity contribution is 6.02. The summed E-state index contributed by atoms with van der Waals surface area (Å²) in [5.41, 5.74) is 5.79. The molecule has 0 spiro atoms. The molecule has 2 atom stereocenters. The van der Waals surface area contributed by atoms with Gasteiger partial charge < -0.3 is 14.6 Å². The highest BCUT2D eigenvalue weighted by Crippen LogP contribution is 2.37. The van der Waals surface area contributed by atoms with Gasteiger partial charge in [-0.05, 0) is 68.8 Å². The molecule has 0 amide bonds. The summed E-state index contributed by atoms with van der Waals surface area (Å²) in [4.78, 5) is 19.0. The number of rotatable bonds is 4. The van der Waals surface area contributed by atoms with E-state index in [0.29, 0.717) is 11.7 Å². The number of aryl methyl sites for hydroxylation is 1. The lowest BCUT2D eigenvalue weighted by atomic mass is 9.73. The third-order valence-electron chi connectivity index (χ3n) is 6.34. The topological polar surface area (TPSA) is 45.3 Å². The van der Waals surface area contributed by atoms with Gasteiger partial charge in [-0.2, -0.15) is 0 Å². The number of benzene rings is 1. The van der Waals surface area contributed by atoms with Gasteiger partial charge >= 0.3 is 0 Å². The van der Waals surface area contributed by atoms with Gasteiger partial charge in [0.25, 0.3) is 0 Å². The second kappa shape index (κ2) is 6.92. The molecule has 1 aliphatic heterocycles. The van der Waals surface area contributed by atoms with E-state index in [0.717, 1.165) is 61.5 Å². The van der Waals surface area contributed by atoms with Crippen LogP contribution in [0.15, 0.2) is 24.3 Å². The molecule has 0 bridgehead atoms. The van der Waals surface area contributed by atoms with Crippen molar-refractivity contribution in [2.75, 3.05) is 26.7 Å². The van der Waals surface area contributed by atoms with E-state index in [-0.39, 0.29) is 5.92 Å². The number of H-pyrrole nitrogens is 1. The number of nitrogens with zero attached hydrogens (tertiary/aromatic N) is 1. The molecule has 2 unspecified atom stereocenters. The van der Waals surface area contributed by atoms with E-state index in [9.17, 15) is 4.79 Å². The van der Waals surface area contributed by atoms with Crippen LogP contribution >= 0.6 is 0 Å². The summed E-state index contributed by atoms with van der Waals surface area (Å²) in [5.74, 6) is 1.94. The zero-order chi connectivity index (χ0) is 18.3. The first-order valence-electron chi connectivity index (χ1n) is 9.64. The predicted molar refractivity (Wildman–Crippen MR) is 103 cm³/mol. The molecule has 0 saturated carbocycles. The summed E-state index contributed by atoms with van der Waals surface area (Å²) in [5, 5.41) is 0. The molecule has 2 heterocycles. The summed E-state index contributed by atoms with van der Waals surface area (Å²) in [6.45, 7) is 7.17. The van der Waals surface area contributed by atoms with E-state index in [2.05, 4.69) is 35.9 Å². The number of aromatic nitrogens is 1. The van der Waals surface area contributed by atoms with Gasteiger partial charge in [-0.1, -0.05) is 12.1 Å². The van der Waals surface area contributed by atoms with E-state index in [1.54, 1.807) is 7.11 Å². The molecule has 4 nitrogen and oxygen atoms in total. The maximum absolute atomic E-state index is 13.1. The number of hydrogen-bond acceptors (Lipinski definition) is 3. The number of hydrogen-bond donors (Lipinski definition) is 1. The largest absolute Gasteiger partial charge is 0.497 e. The fourth-order valence-corrected chi connectivity index (χ4v) is 4.62. The van der Waals surface area contributed by atoms with Gasteiger partial charge in [-0.15, -0.1) is 0 Å². The molecule has 1 aliphatic carbocycles. The van der Waals surface area contributed by atoms with Crippen molar-refractivity contribution in [3.05, 3.63) is 52.3 Å². The molecule has 1 aromatic carbocycles. The minimum atomic E-state index is 0.168. The predicted octanol–water partition coefficient (Wildman–Crippen LogP) is 3.56. The second-order valence-corrected chi connectivity index (χ2v) is 7.85. The van der Waals surface area contributed by atoms with Gasteiger partial charge in [0.2, 0.25) is 0 Å². The summed E-state index contributed by atoms with van der Waals surface area (Å²) in [6, 6.07) is 8.31. The van der Waals surface area contributed by atoms with E-state index < -0.39 is 0 Å². The Balaban J connectivity index is 1.42. The number of likely N-dealkylation sites (tertiary alicyclic amines) is 1. The average Bonchev–Trinajstić information content (AvgIpc) is 2.95. The van der Waals surface area contributed by atoms with Crippen LogP contribution in [0.1, 0.15) is 39.3 Å². The van der Waals surface area contributed by atoms with Gasteiger partial charge in [0, 0.05) is 36.0 Å². The number of ketones is 1. The number of nitrogens with one attached hydrogen (secondary N) is 1. The molecule has 0 radical (unpaired) electrons. The number of ether oxygens (including phenoxy) is 1. The van der Waals surface area contributed by atoms with E-state index >= 15 is 0 Å². The number of fused-ring (bicyclic) bond motifs is 2. The molecular formula is C22H28N2O2. The minimum Gasteiger partial charge on any atom is -0.497 e. The summed E-state index contributed by atoms with van der Waals surface area (Å²) in [6.07, 6.45) is 3.17. The molecule has 4 rings (SSSR count). The highest BCUT2D eigenvalue weighted by atomic mass is 16.5. The Morgan fingerprint density at radius 1 is 1.23 bits per heavy atom. The van der Waals surface area contributed by atoms with Gasteiger partial charge in [0.05, 0.1) is 7.11 Å². The number of carbonyl (C=O) groups excluding carboxylic acids is 1. The molecule has 2 aromatic rings. The van der Waals surface area contributed by atoms with Crippen LogP contribution in [0.5, 0.6) is 5.75 Å². The maximum atomic E-state index is 13.1. The maximum Gasteiger partial charge on any atom is 0.169 e. The molecule has 1 aromatic heterocycles. The molecule has 1 N–H and O–H groups in total. The summed E-state index contributed by atoms with van der Waals surface area (Å²) >= 11 is 0. The lowest BCUT2D eigenvalue weighted by molar-refractivity contribution is 0.0663. The van der Waals surface area contributed by atoms with Gasteiger partial charge in [0.15, 0.2) is 5.78 Å². The Bertz CT molecular complexity index is 806. The molecule has 1 fully saturated rings. The van der Waals surface area contributed by atoms with Crippen molar-refractivity contribution >= 4 is 5.78 Å². The average molecular weight is 352 g/mol. The van der Waals surface area contributed by atoms with Gasteiger partial charge in [-0.3, -0.25) is 4.79 Å². The molecule has 1 saturated heterocycles. The first-order valence-corrected chi connectivity index (χ1v) is 9.64. The smallest absolute Gasteiger partial charge is 0.169 e. The Labute approximate surface area is 155 Å². The van der Waals surface area contributed by atoms with Crippen molar-refractivity contribution in [2.24, 2.45) is 11.8 Å². The van der Waals surface area contributed by atoms with E-state index in [1.807, 2.05) is 12.1 Å². The van der Waals surface area contributed by atoms with Crippen LogP contribution in [0.4, 0.5) is 0 Å². The van der Waals surface area contributed by atoms with Gasteiger partial charge in [-0.25, -0.2) is 0 Å². The first-order chi connectivity index (χ1) is 12.6. The van der Waals surface area contributed by atoms with Crippen LogP contribution in [-0.4, -0.2) is 42.4 Å². The molecule has 138 valence electrons. The monoisotopic (exact) mass is 352 g/mol. The van der Waals surface area contributed by atoms with Crippen LogP contribution in [-0.2, 0) is 12.8 Å². The van der Waals surface area contributed by atoms with Crippen molar-refractivity contribution < 1.29 is 9.53 Å². The standard InChI is InChI=1S/C22H28N2O2/c1-14-15(2)23-20-12-17-9-11-24(13-19(17)22(25)21(14)20)10-8-16-4-6-18(26-3)7-5-16/h4-7,17,19,23H,8-13H2,1-3H3. The number of aromatic amines is 1. The van der Waals surface area contributed by atoms with Crippen molar-refractivity contribution in [3.63, 3.8) is 0 Å². The number of methoxy groups -OCH3 is 1. The SMILES string of the molecule is COc1ccc(CCN2CCC3Cc4[nH]c(C)c(C)c4C(=O)C3C2)cc1. The molecule has 26 heavy (non-hydrogen) atoms. The Morgan fingerprint density at radius 2 is 2.00 bits per heavy atom. The zero-order valence-corrected chi connectivity index (χ0v) is 16.0.